The van der Waals surface area contributed by atoms with Gasteiger partial charge in [-0.05, 0) is 51.4 Å². The summed E-state index contributed by atoms with van der Waals surface area (Å²) >= 11 is 0. The van der Waals surface area contributed by atoms with Crippen molar-refractivity contribution in [3.63, 3.8) is 0 Å². The van der Waals surface area contributed by atoms with Crippen molar-refractivity contribution in [3.05, 3.63) is 11.6 Å². The summed E-state index contributed by atoms with van der Waals surface area (Å²) in [4.78, 5) is 24.8. The van der Waals surface area contributed by atoms with Gasteiger partial charge in [-0.3, -0.25) is 9.59 Å². The predicted molar refractivity (Wildman–Crippen MR) is 91.0 cm³/mol. The largest absolute Gasteiger partial charge is 0.355 e. The fourth-order valence-corrected chi connectivity index (χ4v) is 5.23. The molecule has 134 valence electrons. The molecule has 0 aromatic carbocycles. The van der Waals surface area contributed by atoms with Gasteiger partial charge in [0.15, 0.2) is 9.84 Å². The molecule has 0 aromatic rings. The van der Waals surface area contributed by atoms with E-state index in [1.165, 1.54) is 18.4 Å². The molecule has 0 radical (unpaired) electrons. The van der Waals surface area contributed by atoms with Crippen LogP contribution in [0.4, 0.5) is 0 Å². The monoisotopic (exact) mass is 354 g/mol. The van der Waals surface area contributed by atoms with E-state index >= 15 is 0 Å². The topological polar surface area (TPSA) is 92.3 Å². The molecule has 1 saturated heterocycles. The summed E-state index contributed by atoms with van der Waals surface area (Å²) in [7, 11) is -3.03. The van der Waals surface area contributed by atoms with Gasteiger partial charge in [0.1, 0.15) is 5.41 Å². The first kappa shape index (κ1) is 17.5. The summed E-state index contributed by atoms with van der Waals surface area (Å²) in [5, 5.41) is 5.66. The second-order valence-electron chi connectivity index (χ2n) is 7.27. The van der Waals surface area contributed by atoms with Crippen LogP contribution in [-0.2, 0) is 19.4 Å². The van der Waals surface area contributed by atoms with Crippen molar-refractivity contribution in [1.82, 2.24) is 10.6 Å². The zero-order valence-corrected chi connectivity index (χ0v) is 14.8. The van der Waals surface area contributed by atoms with Crippen LogP contribution in [0.15, 0.2) is 11.6 Å². The number of hydrogen-bond donors (Lipinski definition) is 2. The van der Waals surface area contributed by atoms with Crippen LogP contribution in [0.1, 0.15) is 51.4 Å². The van der Waals surface area contributed by atoms with E-state index in [1.807, 2.05) is 0 Å². The van der Waals surface area contributed by atoms with E-state index in [1.54, 1.807) is 0 Å². The third-order valence-electron chi connectivity index (χ3n) is 5.30. The summed E-state index contributed by atoms with van der Waals surface area (Å²) in [6, 6.07) is -0.347. The fraction of sp³-hybridized carbons (Fsp3) is 0.765. The minimum atomic E-state index is -3.03. The Kier molecular flexibility index (Phi) is 4.99. The zero-order chi connectivity index (χ0) is 17.2. The molecule has 2 fully saturated rings. The van der Waals surface area contributed by atoms with Crippen LogP contribution in [0.3, 0.4) is 0 Å². The lowest BCUT2D eigenvalue weighted by molar-refractivity contribution is -0.137. The van der Waals surface area contributed by atoms with Gasteiger partial charge in [-0.1, -0.05) is 11.6 Å². The molecule has 24 heavy (non-hydrogen) atoms. The minimum Gasteiger partial charge on any atom is -0.355 e. The van der Waals surface area contributed by atoms with E-state index in [9.17, 15) is 18.0 Å². The number of sulfone groups is 1. The van der Waals surface area contributed by atoms with E-state index < -0.39 is 15.3 Å². The first-order valence-corrected chi connectivity index (χ1v) is 10.7. The van der Waals surface area contributed by atoms with Gasteiger partial charge in [-0.25, -0.2) is 8.42 Å². The number of amides is 2. The number of rotatable bonds is 6. The SMILES string of the molecule is O=C(NCCC1=CCCCC1)C1(C(=O)NC2CCS(=O)(=O)C2)CC1. The molecular weight excluding hydrogens is 328 g/mol. The maximum atomic E-state index is 12.4. The molecule has 1 aliphatic heterocycles. The predicted octanol–water partition coefficient (Wildman–Crippen LogP) is 1.08. The molecule has 1 atom stereocenters. The van der Waals surface area contributed by atoms with Crippen molar-refractivity contribution in [2.45, 2.75) is 57.4 Å². The molecule has 0 spiro atoms. The van der Waals surface area contributed by atoms with Crippen LogP contribution in [0.2, 0.25) is 0 Å². The third-order valence-corrected chi connectivity index (χ3v) is 7.07. The van der Waals surface area contributed by atoms with Gasteiger partial charge in [-0.2, -0.15) is 0 Å². The first-order chi connectivity index (χ1) is 11.4. The number of nitrogens with one attached hydrogen (secondary N) is 2. The molecule has 0 bridgehead atoms. The highest BCUT2D eigenvalue weighted by Gasteiger charge is 2.56. The Balaban J connectivity index is 1.47. The molecule has 1 unspecified atom stereocenters. The van der Waals surface area contributed by atoms with Gasteiger partial charge in [0.2, 0.25) is 11.8 Å². The van der Waals surface area contributed by atoms with E-state index in [2.05, 4.69) is 16.7 Å². The molecular formula is C17H26N2O4S. The van der Waals surface area contributed by atoms with Gasteiger partial charge >= 0.3 is 0 Å². The van der Waals surface area contributed by atoms with Crippen molar-refractivity contribution >= 4 is 21.7 Å². The molecule has 3 aliphatic rings. The maximum Gasteiger partial charge on any atom is 0.235 e. The highest BCUT2D eigenvalue weighted by molar-refractivity contribution is 7.91. The molecule has 2 N–H and O–H groups in total. The van der Waals surface area contributed by atoms with E-state index in [4.69, 9.17) is 0 Å². The zero-order valence-electron chi connectivity index (χ0n) is 14.0. The summed E-state index contributed by atoms with van der Waals surface area (Å²) in [5.74, 6) is -0.409. The highest BCUT2D eigenvalue weighted by atomic mass is 32.2. The van der Waals surface area contributed by atoms with E-state index in [0.29, 0.717) is 25.8 Å². The number of carbonyl (C=O) groups excluding carboxylic acids is 2. The second-order valence-corrected chi connectivity index (χ2v) is 9.50. The Morgan fingerprint density at radius 3 is 2.58 bits per heavy atom. The van der Waals surface area contributed by atoms with Gasteiger partial charge in [0.05, 0.1) is 11.5 Å². The molecule has 6 nitrogen and oxygen atoms in total. The Bertz CT molecular complexity index is 650. The van der Waals surface area contributed by atoms with E-state index in [-0.39, 0.29) is 29.4 Å². The minimum absolute atomic E-state index is 0.00933. The maximum absolute atomic E-state index is 12.4. The van der Waals surface area contributed by atoms with Crippen molar-refractivity contribution in [2.24, 2.45) is 5.41 Å². The van der Waals surface area contributed by atoms with E-state index in [0.717, 1.165) is 19.3 Å². The molecule has 1 heterocycles. The Morgan fingerprint density at radius 2 is 2.00 bits per heavy atom. The third kappa shape index (κ3) is 3.99. The lowest BCUT2D eigenvalue weighted by atomic mass is 9.97. The van der Waals surface area contributed by atoms with Crippen LogP contribution in [0.25, 0.3) is 0 Å². The second kappa shape index (κ2) is 6.86. The Labute approximate surface area is 143 Å². The van der Waals surface area contributed by atoms with Gasteiger partial charge < -0.3 is 10.6 Å². The lowest BCUT2D eigenvalue weighted by Crippen LogP contribution is -2.47. The van der Waals surface area contributed by atoms with Crippen LogP contribution in [0, 0.1) is 5.41 Å². The molecule has 1 saturated carbocycles. The van der Waals surface area contributed by atoms with Gasteiger partial charge in [0.25, 0.3) is 0 Å². The quantitative estimate of drug-likeness (QED) is 0.551. The lowest BCUT2D eigenvalue weighted by Gasteiger charge is -2.19. The Morgan fingerprint density at radius 1 is 1.21 bits per heavy atom. The van der Waals surface area contributed by atoms with Gasteiger partial charge in [-0.15, -0.1) is 0 Å². The van der Waals surface area contributed by atoms with Gasteiger partial charge in [0, 0.05) is 12.6 Å². The Hall–Kier alpha value is -1.37. The average molecular weight is 354 g/mol. The number of carbonyl (C=O) groups is 2. The van der Waals surface area contributed by atoms with Crippen molar-refractivity contribution in [1.29, 1.82) is 0 Å². The van der Waals surface area contributed by atoms with Crippen molar-refractivity contribution < 1.29 is 18.0 Å². The first-order valence-electron chi connectivity index (χ1n) is 8.89. The molecule has 2 aliphatic carbocycles. The number of hydrogen-bond acceptors (Lipinski definition) is 4. The van der Waals surface area contributed by atoms with Crippen molar-refractivity contribution in [3.8, 4) is 0 Å². The summed E-state index contributed by atoms with van der Waals surface area (Å²) in [5.41, 5.74) is 0.430. The smallest absolute Gasteiger partial charge is 0.235 e. The standard InChI is InChI=1S/C17H26N2O4S/c20-15(18-10-6-13-4-2-1-3-5-13)17(8-9-17)16(21)19-14-7-11-24(22,23)12-14/h4,14H,1-3,5-12H2,(H,18,20)(H,19,21). The molecule has 0 aromatic heterocycles. The average Bonchev–Trinajstić information content (AvgIpc) is 3.29. The molecule has 7 heteroatoms. The van der Waals surface area contributed by atoms with Crippen LogP contribution >= 0.6 is 0 Å². The summed E-state index contributed by atoms with van der Waals surface area (Å²) in [6.45, 7) is 0.567. The highest BCUT2D eigenvalue weighted by Crippen LogP contribution is 2.46. The van der Waals surface area contributed by atoms with Crippen LogP contribution < -0.4 is 10.6 Å². The summed E-state index contributed by atoms with van der Waals surface area (Å²) < 4.78 is 23.0. The summed E-state index contributed by atoms with van der Waals surface area (Å²) in [6.07, 6.45) is 9.35. The molecule has 3 rings (SSSR count). The number of allylic oxidation sites excluding steroid dienone is 1. The van der Waals surface area contributed by atoms with Crippen LogP contribution in [-0.4, -0.2) is 44.3 Å². The normalized spacial score (nSPS) is 27.2. The van der Waals surface area contributed by atoms with Crippen molar-refractivity contribution in [2.75, 3.05) is 18.1 Å². The fourth-order valence-electron chi connectivity index (χ4n) is 3.55. The van der Waals surface area contributed by atoms with Crippen LogP contribution in [0.5, 0.6) is 0 Å². The molecule has 2 amide bonds.